The molecule has 0 aromatic carbocycles. The third kappa shape index (κ3) is 3.93. The van der Waals surface area contributed by atoms with Gasteiger partial charge >= 0.3 is 0 Å². The van der Waals surface area contributed by atoms with E-state index in [0.717, 1.165) is 25.9 Å². The van der Waals surface area contributed by atoms with Gasteiger partial charge in [-0.2, -0.15) is 0 Å². The zero-order chi connectivity index (χ0) is 18.2. The lowest BCUT2D eigenvalue weighted by atomic mass is 9.96. The second-order valence-corrected chi connectivity index (χ2v) is 7.86. The first-order chi connectivity index (χ1) is 11.8. The van der Waals surface area contributed by atoms with Gasteiger partial charge in [0, 0.05) is 18.7 Å². The molecule has 3 rings (SSSR count). The molecular weight excluding hydrogens is 323 g/mol. The van der Waals surface area contributed by atoms with Crippen molar-refractivity contribution in [3.05, 3.63) is 23.5 Å². The van der Waals surface area contributed by atoms with Crippen molar-refractivity contribution in [3.8, 4) is 0 Å². The lowest BCUT2D eigenvalue weighted by Gasteiger charge is -2.24. The first kappa shape index (κ1) is 18.1. The average Bonchev–Trinajstić information content (AvgIpc) is 3.07. The average molecular weight is 350 g/mol. The lowest BCUT2D eigenvalue weighted by Crippen LogP contribution is -2.35. The minimum atomic E-state index is -1.54. The Morgan fingerprint density at radius 2 is 2.12 bits per heavy atom. The Labute approximate surface area is 147 Å². The van der Waals surface area contributed by atoms with Crippen molar-refractivity contribution in [2.45, 2.75) is 50.9 Å². The molecule has 3 atom stereocenters. The molecule has 1 amide bonds. The number of nitrogens with two attached hydrogens (primary N) is 1. The number of alkyl halides is 1. The van der Waals surface area contributed by atoms with E-state index in [9.17, 15) is 14.3 Å². The van der Waals surface area contributed by atoms with Crippen LogP contribution in [0.4, 0.5) is 10.1 Å². The second kappa shape index (κ2) is 6.88. The number of rotatable bonds is 6. The lowest BCUT2D eigenvalue weighted by molar-refractivity contribution is -0.00307. The topological polar surface area (TPSA) is 100 Å². The molecule has 1 saturated carbocycles. The molecule has 138 valence electrons. The van der Waals surface area contributed by atoms with E-state index >= 15 is 0 Å². The molecule has 2 fully saturated rings. The minimum Gasteiger partial charge on any atom is -0.387 e. The van der Waals surface area contributed by atoms with Gasteiger partial charge in [0.25, 0.3) is 5.91 Å². The molecular formula is C18H27FN4O2. The van der Waals surface area contributed by atoms with Gasteiger partial charge in [0.15, 0.2) is 0 Å². The van der Waals surface area contributed by atoms with Gasteiger partial charge in [0.1, 0.15) is 6.17 Å². The number of carbonyl (C=O) groups excluding carboxylic acids is 1. The predicted octanol–water partition coefficient (Wildman–Crippen LogP) is 1.24. The van der Waals surface area contributed by atoms with Crippen LogP contribution in [-0.4, -0.2) is 46.9 Å². The highest BCUT2D eigenvalue weighted by atomic mass is 19.1. The molecule has 6 nitrogen and oxygen atoms in total. The molecule has 7 heteroatoms. The van der Waals surface area contributed by atoms with Crippen LogP contribution in [0.3, 0.4) is 0 Å². The van der Waals surface area contributed by atoms with E-state index in [0.29, 0.717) is 17.5 Å². The smallest absolute Gasteiger partial charge is 0.252 e. The molecule has 1 aromatic rings. The number of nitrogens with zero attached hydrogens (tertiary/aromatic N) is 1. The van der Waals surface area contributed by atoms with Gasteiger partial charge in [-0.3, -0.25) is 9.78 Å². The van der Waals surface area contributed by atoms with Crippen LogP contribution in [0.25, 0.3) is 0 Å². The summed E-state index contributed by atoms with van der Waals surface area (Å²) >= 11 is 0. The highest BCUT2D eigenvalue weighted by Crippen LogP contribution is 2.36. The van der Waals surface area contributed by atoms with Gasteiger partial charge < -0.3 is 21.5 Å². The second-order valence-electron chi connectivity index (χ2n) is 7.86. The number of amides is 1. The first-order valence-corrected chi connectivity index (χ1v) is 8.87. The number of pyridine rings is 1. The Hall–Kier alpha value is -1.73. The molecule has 0 bridgehead atoms. The third-order valence-electron chi connectivity index (χ3n) is 5.43. The number of hydrogen-bond acceptors (Lipinski definition) is 5. The monoisotopic (exact) mass is 350 g/mol. The summed E-state index contributed by atoms with van der Waals surface area (Å²) in [6, 6.07) is 1.99. The molecule has 0 spiro atoms. The van der Waals surface area contributed by atoms with E-state index in [1.165, 1.54) is 13.8 Å². The van der Waals surface area contributed by atoms with E-state index in [4.69, 9.17) is 5.73 Å². The number of fused-ring (bicyclic) bond motifs is 1. The number of primary amides is 1. The van der Waals surface area contributed by atoms with Crippen molar-refractivity contribution < 1.29 is 14.3 Å². The number of anilines is 1. The molecule has 2 aliphatic rings. The Balaban J connectivity index is 1.79. The highest BCUT2D eigenvalue weighted by molar-refractivity contribution is 5.99. The summed E-state index contributed by atoms with van der Waals surface area (Å²) in [5, 5.41) is 16.7. The quantitative estimate of drug-likeness (QED) is 0.619. The SMILES string of the molecule is CC(C)(O)[C@H](F)Cc1nccc(NC2CC3CNCC3C2)c1C(N)=O. The van der Waals surface area contributed by atoms with Gasteiger partial charge in [-0.05, 0) is 57.7 Å². The van der Waals surface area contributed by atoms with Gasteiger partial charge in [-0.1, -0.05) is 0 Å². The summed E-state index contributed by atoms with van der Waals surface area (Å²) in [7, 11) is 0. The van der Waals surface area contributed by atoms with E-state index in [2.05, 4.69) is 15.6 Å². The summed E-state index contributed by atoms with van der Waals surface area (Å²) < 4.78 is 14.3. The molecule has 25 heavy (non-hydrogen) atoms. The summed E-state index contributed by atoms with van der Waals surface area (Å²) in [5.41, 5.74) is 5.17. The van der Waals surface area contributed by atoms with Gasteiger partial charge in [0.2, 0.25) is 0 Å². The van der Waals surface area contributed by atoms with Crippen molar-refractivity contribution in [1.29, 1.82) is 0 Å². The molecule has 1 saturated heterocycles. The van der Waals surface area contributed by atoms with Gasteiger partial charge in [-0.25, -0.2) is 4.39 Å². The van der Waals surface area contributed by atoms with Crippen LogP contribution in [0.15, 0.2) is 12.3 Å². The Morgan fingerprint density at radius 1 is 1.48 bits per heavy atom. The van der Waals surface area contributed by atoms with Crippen molar-refractivity contribution in [2.75, 3.05) is 18.4 Å². The molecule has 2 unspecified atom stereocenters. The van der Waals surface area contributed by atoms with Crippen LogP contribution >= 0.6 is 0 Å². The Morgan fingerprint density at radius 3 is 2.68 bits per heavy atom. The number of halogens is 1. The largest absolute Gasteiger partial charge is 0.387 e. The summed E-state index contributed by atoms with van der Waals surface area (Å²) in [6.07, 6.45) is 1.95. The maximum atomic E-state index is 14.3. The highest BCUT2D eigenvalue weighted by Gasteiger charge is 2.37. The molecule has 5 N–H and O–H groups in total. The van der Waals surface area contributed by atoms with Crippen molar-refractivity contribution in [3.63, 3.8) is 0 Å². The fourth-order valence-corrected chi connectivity index (χ4v) is 3.98. The van der Waals surface area contributed by atoms with Crippen molar-refractivity contribution in [1.82, 2.24) is 10.3 Å². The van der Waals surface area contributed by atoms with Crippen LogP contribution in [0.5, 0.6) is 0 Å². The van der Waals surface area contributed by atoms with Gasteiger partial charge in [0.05, 0.1) is 22.5 Å². The fraction of sp³-hybridized carbons (Fsp3) is 0.667. The normalized spacial score (nSPS) is 27.1. The number of aliphatic hydroxyl groups is 1. The van der Waals surface area contributed by atoms with Crippen LogP contribution < -0.4 is 16.4 Å². The van der Waals surface area contributed by atoms with E-state index in [1.807, 2.05) is 0 Å². The van der Waals surface area contributed by atoms with E-state index in [1.54, 1.807) is 12.3 Å². The number of aromatic nitrogens is 1. The number of nitrogens with one attached hydrogen (secondary N) is 2. The van der Waals surface area contributed by atoms with Gasteiger partial charge in [-0.15, -0.1) is 0 Å². The maximum Gasteiger partial charge on any atom is 0.252 e. The zero-order valence-corrected chi connectivity index (χ0v) is 14.8. The fourth-order valence-electron chi connectivity index (χ4n) is 3.98. The molecule has 1 aliphatic heterocycles. The van der Waals surface area contributed by atoms with Crippen LogP contribution in [-0.2, 0) is 6.42 Å². The van der Waals surface area contributed by atoms with Crippen LogP contribution in [0.2, 0.25) is 0 Å². The summed E-state index contributed by atoms with van der Waals surface area (Å²) in [5.74, 6) is 0.705. The zero-order valence-electron chi connectivity index (χ0n) is 14.8. The van der Waals surface area contributed by atoms with Crippen LogP contribution in [0.1, 0.15) is 42.7 Å². The molecule has 0 radical (unpaired) electrons. The van der Waals surface area contributed by atoms with E-state index in [-0.39, 0.29) is 23.7 Å². The minimum absolute atomic E-state index is 0.156. The van der Waals surface area contributed by atoms with Crippen molar-refractivity contribution in [2.24, 2.45) is 17.6 Å². The Kier molecular flexibility index (Phi) is 4.97. The Bertz CT molecular complexity index is 634. The summed E-state index contributed by atoms with van der Waals surface area (Å²) in [6.45, 7) is 4.88. The summed E-state index contributed by atoms with van der Waals surface area (Å²) in [4.78, 5) is 16.1. The number of carbonyl (C=O) groups is 1. The predicted molar refractivity (Wildman–Crippen MR) is 94.1 cm³/mol. The maximum absolute atomic E-state index is 14.3. The standard InChI is InChI=1S/C18H27FN4O2/c1-18(2,25)15(19)7-14-16(17(20)24)13(3-4-22-14)23-12-5-10-8-21-9-11(10)6-12/h3-4,10-12,15,21,25H,5-9H2,1-2H3,(H2,20,24)(H,22,23)/t10?,11?,12?,15-/m1/s1. The third-order valence-corrected chi connectivity index (χ3v) is 5.43. The molecule has 1 aromatic heterocycles. The van der Waals surface area contributed by atoms with Crippen molar-refractivity contribution >= 4 is 11.6 Å². The first-order valence-electron chi connectivity index (χ1n) is 8.87. The molecule has 2 heterocycles. The van der Waals surface area contributed by atoms with E-state index < -0.39 is 17.7 Å². The molecule has 1 aliphatic carbocycles. The van der Waals surface area contributed by atoms with Crippen LogP contribution in [0, 0.1) is 11.8 Å². The number of hydrogen-bond donors (Lipinski definition) is 4.